The molecule has 2 rings (SSSR count). The first-order valence-corrected chi connectivity index (χ1v) is 6.20. The summed E-state index contributed by atoms with van der Waals surface area (Å²) in [5, 5.41) is 13.6. The van der Waals surface area contributed by atoms with Gasteiger partial charge in [-0.15, -0.1) is 0 Å². The van der Waals surface area contributed by atoms with E-state index < -0.39 is 17.8 Å². The monoisotopic (exact) mass is 308 g/mol. The predicted molar refractivity (Wildman–Crippen MR) is 77.5 cm³/mol. The third kappa shape index (κ3) is 3.93. The molecule has 0 atom stereocenters. The maximum Gasteiger partial charge on any atom is 0.335 e. The number of amides is 2. The molecule has 0 radical (unpaired) electrons. The van der Waals surface area contributed by atoms with E-state index in [1.807, 2.05) is 0 Å². The molecule has 5 nitrogen and oxygen atoms in total. The van der Waals surface area contributed by atoms with Gasteiger partial charge in [0.2, 0.25) is 0 Å². The molecule has 2 amide bonds. The Labute approximate surface area is 124 Å². The van der Waals surface area contributed by atoms with Crippen molar-refractivity contribution in [2.45, 2.75) is 0 Å². The fourth-order valence-corrected chi connectivity index (χ4v) is 1.74. The molecule has 0 unspecified atom stereocenters. The second-order valence-corrected chi connectivity index (χ2v) is 4.50. The number of rotatable bonds is 3. The lowest BCUT2D eigenvalue weighted by molar-refractivity contribution is 0.0697. The molecule has 3 N–H and O–H groups in total. The number of carbonyl (C=O) groups is 2. The third-order valence-corrected chi connectivity index (χ3v) is 2.86. The summed E-state index contributed by atoms with van der Waals surface area (Å²) in [6, 6.07) is 8.89. The lowest BCUT2D eigenvalue weighted by atomic mass is 10.2. The molecule has 2 aromatic rings. The topological polar surface area (TPSA) is 78.4 Å². The number of hydrogen-bond donors (Lipinski definition) is 3. The molecule has 0 saturated heterocycles. The van der Waals surface area contributed by atoms with Crippen molar-refractivity contribution in [2.24, 2.45) is 0 Å². The van der Waals surface area contributed by atoms with Crippen LogP contribution in [0.15, 0.2) is 42.5 Å². The van der Waals surface area contributed by atoms with Crippen molar-refractivity contribution in [3.63, 3.8) is 0 Å². The van der Waals surface area contributed by atoms with E-state index in [4.69, 9.17) is 16.7 Å². The van der Waals surface area contributed by atoms with E-state index >= 15 is 0 Å². The molecule has 0 bridgehead atoms. The fraction of sp³-hybridized carbons (Fsp3) is 0. The van der Waals surface area contributed by atoms with Crippen molar-refractivity contribution in [3.8, 4) is 0 Å². The number of anilines is 2. The van der Waals surface area contributed by atoms with Crippen LogP contribution in [0.3, 0.4) is 0 Å². The van der Waals surface area contributed by atoms with Crippen LogP contribution < -0.4 is 10.6 Å². The van der Waals surface area contributed by atoms with Crippen LogP contribution >= 0.6 is 11.6 Å². The first kappa shape index (κ1) is 14.8. The Morgan fingerprint density at radius 3 is 2.14 bits per heavy atom. The van der Waals surface area contributed by atoms with Crippen LogP contribution in [0, 0.1) is 5.82 Å². The predicted octanol–water partition coefficient (Wildman–Crippen LogP) is 3.82. The zero-order chi connectivity index (χ0) is 15.4. The van der Waals surface area contributed by atoms with Crippen molar-refractivity contribution < 1.29 is 19.1 Å². The van der Waals surface area contributed by atoms with Gasteiger partial charge in [-0.1, -0.05) is 11.6 Å². The minimum absolute atomic E-state index is 0.0985. The molecule has 2 aromatic carbocycles. The zero-order valence-corrected chi connectivity index (χ0v) is 11.3. The zero-order valence-electron chi connectivity index (χ0n) is 10.6. The molecule has 7 heteroatoms. The number of benzene rings is 2. The Bertz CT molecular complexity index is 689. The number of carboxylic acids is 1. The van der Waals surface area contributed by atoms with E-state index in [0.29, 0.717) is 11.4 Å². The van der Waals surface area contributed by atoms with E-state index in [9.17, 15) is 14.0 Å². The van der Waals surface area contributed by atoms with Gasteiger partial charge in [0.25, 0.3) is 0 Å². The molecular formula is C14H10ClFN2O3. The maximum atomic E-state index is 13.0. The van der Waals surface area contributed by atoms with E-state index in [0.717, 1.165) is 6.07 Å². The smallest absolute Gasteiger partial charge is 0.335 e. The van der Waals surface area contributed by atoms with E-state index in [1.54, 1.807) is 0 Å². The molecule has 0 aliphatic rings. The van der Waals surface area contributed by atoms with Gasteiger partial charge in [-0.25, -0.2) is 14.0 Å². The van der Waals surface area contributed by atoms with Crippen LogP contribution in [0.5, 0.6) is 0 Å². The molecule has 0 aliphatic heterocycles. The molecule has 21 heavy (non-hydrogen) atoms. The summed E-state index contributed by atoms with van der Waals surface area (Å²) in [7, 11) is 0. The van der Waals surface area contributed by atoms with E-state index in [2.05, 4.69) is 10.6 Å². The molecule has 0 heterocycles. The second-order valence-electron chi connectivity index (χ2n) is 4.09. The average molecular weight is 309 g/mol. The minimum atomic E-state index is -1.05. The van der Waals surface area contributed by atoms with Crippen LogP contribution in [0.1, 0.15) is 10.4 Å². The van der Waals surface area contributed by atoms with Crippen LogP contribution in [-0.2, 0) is 0 Å². The molecule has 0 spiro atoms. The molecule has 0 saturated carbocycles. The molecule has 0 aromatic heterocycles. The van der Waals surface area contributed by atoms with E-state index in [-0.39, 0.29) is 10.6 Å². The van der Waals surface area contributed by atoms with E-state index in [1.165, 1.54) is 36.4 Å². The van der Waals surface area contributed by atoms with Gasteiger partial charge in [-0.2, -0.15) is 0 Å². The van der Waals surface area contributed by atoms with Gasteiger partial charge in [0, 0.05) is 11.4 Å². The largest absolute Gasteiger partial charge is 0.478 e. The quantitative estimate of drug-likeness (QED) is 0.806. The van der Waals surface area contributed by atoms with Gasteiger partial charge in [0.15, 0.2) is 0 Å². The van der Waals surface area contributed by atoms with Gasteiger partial charge >= 0.3 is 12.0 Å². The Morgan fingerprint density at radius 1 is 1.00 bits per heavy atom. The van der Waals surface area contributed by atoms with Gasteiger partial charge in [-0.3, -0.25) is 0 Å². The fourth-order valence-electron chi connectivity index (χ4n) is 1.56. The number of carboxylic acid groups (broad SMARTS) is 1. The number of aromatic carboxylic acids is 1. The van der Waals surface area contributed by atoms with Crippen molar-refractivity contribution in [2.75, 3.05) is 10.6 Å². The lowest BCUT2D eigenvalue weighted by Crippen LogP contribution is -2.19. The SMILES string of the molecule is O=C(Nc1ccc(C(=O)O)cc1)Nc1ccc(F)c(Cl)c1. The Kier molecular flexibility index (Phi) is 4.39. The summed E-state index contributed by atoms with van der Waals surface area (Å²) in [4.78, 5) is 22.4. The lowest BCUT2D eigenvalue weighted by Gasteiger charge is -2.08. The highest BCUT2D eigenvalue weighted by molar-refractivity contribution is 6.31. The van der Waals surface area contributed by atoms with Crippen LogP contribution in [0.4, 0.5) is 20.6 Å². The van der Waals surface area contributed by atoms with Crippen molar-refractivity contribution in [3.05, 3.63) is 58.9 Å². The number of urea groups is 1. The minimum Gasteiger partial charge on any atom is -0.478 e. The van der Waals surface area contributed by atoms with Crippen LogP contribution in [-0.4, -0.2) is 17.1 Å². The Morgan fingerprint density at radius 2 is 1.57 bits per heavy atom. The van der Waals surface area contributed by atoms with Crippen molar-refractivity contribution >= 4 is 35.0 Å². The van der Waals surface area contributed by atoms with Gasteiger partial charge in [0.1, 0.15) is 5.82 Å². The molecule has 0 aliphatic carbocycles. The number of halogens is 2. The molecule has 0 fully saturated rings. The normalized spacial score (nSPS) is 10.0. The number of hydrogen-bond acceptors (Lipinski definition) is 2. The van der Waals surface area contributed by atoms with Gasteiger partial charge in [0.05, 0.1) is 10.6 Å². The highest BCUT2D eigenvalue weighted by Gasteiger charge is 2.06. The summed E-state index contributed by atoms with van der Waals surface area (Å²) in [5.74, 6) is -1.63. The second kappa shape index (κ2) is 6.23. The highest BCUT2D eigenvalue weighted by atomic mass is 35.5. The van der Waals surface area contributed by atoms with Crippen molar-refractivity contribution in [1.29, 1.82) is 0 Å². The van der Waals surface area contributed by atoms with Gasteiger partial charge in [-0.05, 0) is 42.5 Å². The first-order valence-electron chi connectivity index (χ1n) is 5.82. The van der Waals surface area contributed by atoms with Gasteiger partial charge < -0.3 is 15.7 Å². The standard InChI is InChI=1S/C14H10ClFN2O3/c15-11-7-10(5-6-12(11)16)18-14(21)17-9-3-1-8(2-4-9)13(19)20/h1-7H,(H,19,20)(H2,17,18,21). The first-order chi connectivity index (χ1) is 9.95. The number of nitrogens with one attached hydrogen (secondary N) is 2. The Hall–Kier alpha value is -2.60. The summed E-state index contributed by atoms with van der Waals surface area (Å²) in [6.07, 6.45) is 0. The molecular weight excluding hydrogens is 299 g/mol. The summed E-state index contributed by atoms with van der Waals surface area (Å²) < 4.78 is 13.0. The third-order valence-electron chi connectivity index (χ3n) is 2.57. The van der Waals surface area contributed by atoms with Crippen molar-refractivity contribution in [1.82, 2.24) is 0 Å². The average Bonchev–Trinajstić information content (AvgIpc) is 2.43. The molecule has 108 valence electrons. The summed E-state index contributed by atoms with van der Waals surface area (Å²) in [5.41, 5.74) is 0.873. The van der Waals surface area contributed by atoms with Crippen LogP contribution in [0.25, 0.3) is 0 Å². The summed E-state index contributed by atoms with van der Waals surface area (Å²) >= 11 is 5.60. The van der Waals surface area contributed by atoms with Crippen LogP contribution in [0.2, 0.25) is 5.02 Å². The number of carbonyl (C=O) groups excluding carboxylic acids is 1. The maximum absolute atomic E-state index is 13.0. The highest BCUT2D eigenvalue weighted by Crippen LogP contribution is 2.19. The summed E-state index contributed by atoms with van der Waals surface area (Å²) in [6.45, 7) is 0. The Balaban J connectivity index is 2.01.